The van der Waals surface area contributed by atoms with Crippen LogP contribution in [0.4, 0.5) is 5.69 Å². The highest BCUT2D eigenvalue weighted by Crippen LogP contribution is 2.27. The highest BCUT2D eigenvalue weighted by molar-refractivity contribution is 8.15. The molecule has 8 heteroatoms. The molecule has 30 heavy (non-hydrogen) atoms. The molecule has 1 atom stereocenters. The molecule has 1 aliphatic carbocycles. The molecule has 0 saturated carbocycles. The van der Waals surface area contributed by atoms with Crippen molar-refractivity contribution < 1.29 is 14.3 Å². The Labute approximate surface area is 179 Å². The lowest BCUT2D eigenvalue weighted by atomic mass is 9.90. The summed E-state index contributed by atoms with van der Waals surface area (Å²) in [5, 5.41) is 14.0. The zero-order valence-electron chi connectivity index (χ0n) is 16.6. The summed E-state index contributed by atoms with van der Waals surface area (Å²) in [5.41, 5.74) is 3.90. The van der Waals surface area contributed by atoms with Crippen molar-refractivity contribution in [2.24, 2.45) is 10.2 Å². The highest BCUT2D eigenvalue weighted by atomic mass is 32.2. The summed E-state index contributed by atoms with van der Waals surface area (Å²) >= 11 is 1.23. The summed E-state index contributed by atoms with van der Waals surface area (Å²) in [6.45, 7) is 0. The number of para-hydroxylation sites is 2. The van der Waals surface area contributed by atoms with Gasteiger partial charge in [0.25, 0.3) is 0 Å². The number of amidine groups is 1. The minimum absolute atomic E-state index is 0.0347. The Morgan fingerprint density at radius 2 is 1.97 bits per heavy atom. The van der Waals surface area contributed by atoms with Gasteiger partial charge in [-0.15, -0.1) is 5.10 Å². The third-order valence-corrected chi connectivity index (χ3v) is 6.05. The number of benzene rings is 2. The summed E-state index contributed by atoms with van der Waals surface area (Å²) in [7, 11) is 1.54. The van der Waals surface area contributed by atoms with Crippen LogP contribution in [0.2, 0.25) is 0 Å². The van der Waals surface area contributed by atoms with Crippen molar-refractivity contribution in [1.29, 1.82) is 0 Å². The number of ether oxygens (including phenoxy) is 1. The molecular weight excluding hydrogens is 400 g/mol. The zero-order chi connectivity index (χ0) is 20.9. The van der Waals surface area contributed by atoms with Crippen LogP contribution in [0.5, 0.6) is 5.75 Å². The van der Waals surface area contributed by atoms with E-state index in [-0.39, 0.29) is 18.2 Å². The lowest BCUT2D eigenvalue weighted by Gasteiger charge is -2.16. The maximum Gasteiger partial charge on any atom is 0.240 e. The molecule has 0 radical (unpaired) electrons. The van der Waals surface area contributed by atoms with Gasteiger partial charge in [0.05, 0.1) is 18.5 Å². The van der Waals surface area contributed by atoms with Gasteiger partial charge in [-0.2, -0.15) is 5.10 Å². The van der Waals surface area contributed by atoms with Gasteiger partial charge in [-0.1, -0.05) is 48.2 Å². The van der Waals surface area contributed by atoms with E-state index >= 15 is 0 Å². The first-order valence-electron chi connectivity index (χ1n) is 9.77. The van der Waals surface area contributed by atoms with Crippen LogP contribution in [-0.4, -0.2) is 35.1 Å². The number of fused-ring (bicyclic) bond motifs is 1. The Bertz CT molecular complexity index is 1030. The lowest BCUT2D eigenvalue weighted by Crippen LogP contribution is -2.28. The lowest BCUT2D eigenvalue weighted by molar-refractivity contribution is -0.122. The third-order valence-electron chi connectivity index (χ3n) is 4.98. The molecule has 1 fully saturated rings. The molecule has 0 spiro atoms. The van der Waals surface area contributed by atoms with E-state index in [9.17, 15) is 9.59 Å². The van der Waals surface area contributed by atoms with Gasteiger partial charge < -0.3 is 15.4 Å². The van der Waals surface area contributed by atoms with Crippen LogP contribution in [-0.2, 0) is 16.0 Å². The van der Waals surface area contributed by atoms with Crippen LogP contribution in [0.1, 0.15) is 30.4 Å². The average molecular weight is 423 g/mol. The van der Waals surface area contributed by atoms with Crippen LogP contribution in [0, 0.1) is 0 Å². The van der Waals surface area contributed by atoms with Crippen molar-refractivity contribution in [3.05, 3.63) is 59.7 Å². The standard InChI is InChI=1S/C22H22N4O3S/c1-29-18-12-5-4-10-17(18)23-20(27)13-19-21(28)24-22(30-19)26-25-16-11-6-8-14-7-2-3-9-15(14)16/h2-5,7,9-10,12,19H,6,8,11,13H2,1H3,(H,23,27)(H,24,26,28)/b25-16-. The highest BCUT2D eigenvalue weighted by Gasteiger charge is 2.32. The number of amides is 2. The molecule has 2 N–H and O–H groups in total. The summed E-state index contributed by atoms with van der Waals surface area (Å²) in [6.07, 6.45) is 2.97. The van der Waals surface area contributed by atoms with Gasteiger partial charge in [0.15, 0.2) is 5.17 Å². The van der Waals surface area contributed by atoms with Gasteiger partial charge in [0.2, 0.25) is 11.8 Å². The maximum absolute atomic E-state index is 12.4. The normalized spacial score (nSPS) is 20.7. The van der Waals surface area contributed by atoms with E-state index in [1.807, 2.05) is 24.3 Å². The largest absolute Gasteiger partial charge is 0.495 e. The minimum atomic E-state index is -0.544. The molecule has 1 aliphatic heterocycles. The fourth-order valence-electron chi connectivity index (χ4n) is 3.51. The summed E-state index contributed by atoms with van der Waals surface area (Å²) in [5.74, 6) is 0.0688. The molecule has 2 amide bonds. The van der Waals surface area contributed by atoms with Gasteiger partial charge in [0.1, 0.15) is 11.0 Å². The number of nitrogens with one attached hydrogen (secondary N) is 2. The molecule has 1 heterocycles. The van der Waals surface area contributed by atoms with Crippen molar-refractivity contribution in [3.8, 4) is 5.75 Å². The maximum atomic E-state index is 12.4. The van der Waals surface area contributed by atoms with E-state index in [4.69, 9.17) is 4.74 Å². The van der Waals surface area contributed by atoms with E-state index < -0.39 is 5.25 Å². The smallest absolute Gasteiger partial charge is 0.240 e. The SMILES string of the molecule is COc1ccccc1NC(=O)CC1S/C(=N\N=C2\CCCc3ccccc32)NC1=O. The number of anilines is 1. The fraction of sp³-hybridized carbons (Fsp3) is 0.273. The van der Waals surface area contributed by atoms with Crippen LogP contribution < -0.4 is 15.4 Å². The second-order valence-electron chi connectivity index (χ2n) is 7.01. The van der Waals surface area contributed by atoms with Crippen molar-refractivity contribution in [1.82, 2.24) is 5.32 Å². The van der Waals surface area contributed by atoms with Crippen molar-refractivity contribution in [3.63, 3.8) is 0 Å². The van der Waals surface area contributed by atoms with Crippen molar-refractivity contribution in [2.75, 3.05) is 12.4 Å². The zero-order valence-corrected chi connectivity index (χ0v) is 17.4. The number of hydrogen-bond donors (Lipinski definition) is 2. The number of nitrogens with zero attached hydrogens (tertiary/aromatic N) is 2. The number of carbonyl (C=O) groups excluding carboxylic acids is 2. The molecule has 7 nitrogen and oxygen atoms in total. The summed E-state index contributed by atoms with van der Waals surface area (Å²) < 4.78 is 5.24. The summed E-state index contributed by atoms with van der Waals surface area (Å²) in [4.78, 5) is 24.7. The Hall–Kier alpha value is -3.13. The Balaban J connectivity index is 1.40. The van der Waals surface area contributed by atoms with Gasteiger partial charge in [-0.05, 0) is 37.0 Å². The molecule has 2 aromatic rings. The van der Waals surface area contributed by atoms with E-state index in [0.717, 1.165) is 30.5 Å². The molecular formula is C22H22N4O3S. The number of carbonyl (C=O) groups is 2. The fourth-order valence-corrected chi connectivity index (χ4v) is 4.43. The number of methoxy groups -OCH3 is 1. The molecule has 4 rings (SSSR count). The van der Waals surface area contributed by atoms with Crippen molar-refractivity contribution in [2.45, 2.75) is 30.9 Å². The monoisotopic (exact) mass is 422 g/mol. The topological polar surface area (TPSA) is 92.2 Å². The Kier molecular flexibility index (Phi) is 6.13. The van der Waals surface area contributed by atoms with Crippen LogP contribution in [0.3, 0.4) is 0 Å². The summed E-state index contributed by atoms with van der Waals surface area (Å²) in [6, 6.07) is 15.3. The number of hydrogen-bond acceptors (Lipinski definition) is 6. The Morgan fingerprint density at radius 3 is 2.83 bits per heavy atom. The molecule has 1 saturated heterocycles. The van der Waals surface area contributed by atoms with Gasteiger partial charge in [-0.25, -0.2) is 0 Å². The first-order valence-corrected chi connectivity index (χ1v) is 10.6. The van der Waals surface area contributed by atoms with E-state index in [0.29, 0.717) is 16.6 Å². The first-order chi connectivity index (χ1) is 14.6. The third kappa shape index (κ3) is 4.54. The molecule has 0 bridgehead atoms. The number of thioether (sulfide) groups is 1. The molecule has 2 aliphatic rings. The van der Waals surface area contributed by atoms with Crippen LogP contribution in [0.25, 0.3) is 0 Å². The number of aryl methyl sites for hydroxylation is 1. The number of rotatable bonds is 5. The van der Waals surface area contributed by atoms with Gasteiger partial charge in [-0.3, -0.25) is 9.59 Å². The average Bonchev–Trinajstić information content (AvgIpc) is 3.11. The van der Waals surface area contributed by atoms with E-state index in [2.05, 4.69) is 33.0 Å². The van der Waals surface area contributed by atoms with E-state index in [1.54, 1.807) is 19.2 Å². The van der Waals surface area contributed by atoms with E-state index in [1.165, 1.54) is 17.3 Å². The molecule has 154 valence electrons. The molecule has 0 aromatic heterocycles. The minimum Gasteiger partial charge on any atom is -0.495 e. The second-order valence-corrected chi connectivity index (χ2v) is 8.20. The Morgan fingerprint density at radius 1 is 1.17 bits per heavy atom. The predicted molar refractivity (Wildman–Crippen MR) is 119 cm³/mol. The van der Waals surface area contributed by atoms with Gasteiger partial charge >= 0.3 is 0 Å². The van der Waals surface area contributed by atoms with Crippen LogP contribution >= 0.6 is 11.8 Å². The van der Waals surface area contributed by atoms with Crippen molar-refractivity contribution >= 4 is 40.1 Å². The molecule has 2 aromatic carbocycles. The second kappa shape index (κ2) is 9.13. The first kappa shape index (κ1) is 20.2. The van der Waals surface area contributed by atoms with Crippen LogP contribution in [0.15, 0.2) is 58.7 Å². The molecule has 1 unspecified atom stereocenters. The van der Waals surface area contributed by atoms with Gasteiger partial charge in [0, 0.05) is 12.0 Å². The quantitative estimate of drug-likeness (QED) is 0.723. The predicted octanol–water partition coefficient (Wildman–Crippen LogP) is 3.35.